The minimum atomic E-state index is -0.337. The van der Waals surface area contributed by atoms with E-state index in [0.717, 1.165) is 16.5 Å². The van der Waals surface area contributed by atoms with Crippen molar-refractivity contribution in [2.45, 2.75) is 13.8 Å². The summed E-state index contributed by atoms with van der Waals surface area (Å²) in [5.41, 5.74) is 5.92. The zero-order chi connectivity index (χ0) is 22.8. The van der Waals surface area contributed by atoms with Crippen molar-refractivity contribution in [1.29, 1.82) is 0 Å². The van der Waals surface area contributed by atoms with Crippen molar-refractivity contribution in [3.05, 3.63) is 65.2 Å². The van der Waals surface area contributed by atoms with Crippen molar-refractivity contribution in [3.8, 4) is 28.4 Å². The molecule has 0 unspecified atom stereocenters. The molecule has 4 rings (SSSR count). The van der Waals surface area contributed by atoms with Gasteiger partial charge in [0.25, 0.3) is 5.91 Å². The Kier molecular flexibility index (Phi) is 5.73. The standard InChI is InChI=1S/C25H25N3O4/c1-14-7-6-8-15(2)22(14)16-9-10-18-19(11-16)27-28-24(18)26-25(29)17-12-20(30-3)23(32-5)21(13-17)31-4/h6-13H,1-5H3,(H2,26,27,28,29). The number of anilines is 1. The van der Waals surface area contributed by atoms with Crippen LogP contribution in [-0.4, -0.2) is 37.4 Å². The van der Waals surface area contributed by atoms with Crippen LogP contribution in [0.1, 0.15) is 21.5 Å². The van der Waals surface area contributed by atoms with Crippen LogP contribution in [0.15, 0.2) is 48.5 Å². The molecule has 164 valence electrons. The molecular formula is C25H25N3O4. The molecule has 0 aliphatic carbocycles. The molecule has 1 amide bonds. The first-order valence-corrected chi connectivity index (χ1v) is 10.1. The Morgan fingerprint density at radius 2 is 1.56 bits per heavy atom. The van der Waals surface area contributed by atoms with Crippen molar-refractivity contribution >= 4 is 22.6 Å². The molecule has 7 nitrogen and oxygen atoms in total. The third-order valence-electron chi connectivity index (χ3n) is 5.49. The Bertz CT molecular complexity index is 1260. The Morgan fingerprint density at radius 1 is 0.906 bits per heavy atom. The van der Waals surface area contributed by atoms with Crippen LogP contribution in [0, 0.1) is 13.8 Å². The van der Waals surface area contributed by atoms with E-state index >= 15 is 0 Å². The number of fused-ring (bicyclic) bond motifs is 1. The maximum Gasteiger partial charge on any atom is 0.257 e. The number of aryl methyl sites for hydroxylation is 2. The molecule has 0 aliphatic heterocycles. The lowest BCUT2D eigenvalue weighted by molar-refractivity contribution is 0.102. The molecule has 0 fully saturated rings. The molecule has 0 atom stereocenters. The van der Waals surface area contributed by atoms with E-state index in [1.54, 1.807) is 12.1 Å². The third-order valence-corrected chi connectivity index (χ3v) is 5.49. The van der Waals surface area contributed by atoms with Gasteiger partial charge >= 0.3 is 0 Å². The summed E-state index contributed by atoms with van der Waals surface area (Å²) in [6, 6.07) is 15.5. The SMILES string of the molecule is COc1cc(C(=O)Nc2n[nH]c3cc(-c4c(C)cccc4C)ccc23)cc(OC)c1OC. The number of ether oxygens (including phenoxy) is 3. The largest absolute Gasteiger partial charge is 0.493 e. The van der Waals surface area contributed by atoms with Crippen molar-refractivity contribution < 1.29 is 19.0 Å². The van der Waals surface area contributed by atoms with Gasteiger partial charge in [0.1, 0.15) is 0 Å². The second kappa shape index (κ2) is 8.63. The number of H-pyrrole nitrogens is 1. The van der Waals surface area contributed by atoms with E-state index in [1.165, 1.54) is 38.0 Å². The van der Waals surface area contributed by atoms with E-state index in [-0.39, 0.29) is 5.91 Å². The van der Waals surface area contributed by atoms with E-state index in [0.29, 0.717) is 28.6 Å². The monoisotopic (exact) mass is 431 g/mol. The first-order valence-electron chi connectivity index (χ1n) is 10.1. The summed E-state index contributed by atoms with van der Waals surface area (Å²) in [4.78, 5) is 13.0. The van der Waals surface area contributed by atoms with Gasteiger partial charge in [-0.2, -0.15) is 5.10 Å². The summed E-state index contributed by atoms with van der Waals surface area (Å²) in [5, 5.41) is 11.0. The van der Waals surface area contributed by atoms with E-state index in [4.69, 9.17) is 14.2 Å². The van der Waals surface area contributed by atoms with Gasteiger partial charge in [0.2, 0.25) is 5.75 Å². The summed E-state index contributed by atoms with van der Waals surface area (Å²) < 4.78 is 16.0. The first-order chi connectivity index (χ1) is 15.5. The molecule has 0 aliphatic rings. The summed E-state index contributed by atoms with van der Waals surface area (Å²) in [7, 11) is 4.53. The van der Waals surface area contributed by atoms with E-state index in [2.05, 4.69) is 47.6 Å². The van der Waals surface area contributed by atoms with Gasteiger partial charge < -0.3 is 19.5 Å². The third kappa shape index (κ3) is 3.73. The highest BCUT2D eigenvalue weighted by Gasteiger charge is 2.19. The molecule has 0 radical (unpaired) electrons. The van der Waals surface area contributed by atoms with Crippen molar-refractivity contribution in [2.24, 2.45) is 0 Å². The lowest BCUT2D eigenvalue weighted by atomic mass is 9.95. The molecule has 0 saturated heterocycles. The van der Waals surface area contributed by atoms with Crippen LogP contribution in [0.2, 0.25) is 0 Å². The minimum absolute atomic E-state index is 0.337. The second-order valence-corrected chi connectivity index (χ2v) is 7.47. The van der Waals surface area contributed by atoms with E-state index in [1.807, 2.05) is 18.2 Å². The normalized spacial score (nSPS) is 10.8. The molecule has 0 bridgehead atoms. The van der Waals surface area contributed by atoms with Crippen LogP contribution in [-0.2, 0) is 0 Å². The summed E-state index contributed by atoms with van der Waals surface area (Å²) in [5.74, 6) is 1.35. The van der Waals surface area contributed by atoms with Crippen LogP contribution in [0.25, 0.3) is 22.0 Å². The summed E-state index contributed by atoms with van der Waals surface area (Å²) in [6.45, 7) is 4.20. The Hall–Kier alpha value is -4.00. The predicted molar refractivity (Wildman–Crippen MR) is 125 cm³/mol. The number of nitrogens with zero attached hydrogens (tertiary/aromatic N) is 1. The number of aromatic amines is 1. The van der Waals surface area contributed by atoms with Crippen molar-refractivity contribution in [2.75, 3.05) is 26.6 Å². The van der Waals surface area contributed by atoms with E-state index < -0.39 is 0 Å². The average Bonchev–Trinajstić information content (AvgIpc) is 3.19. The van der Waals surface area contributed by atoms with E-state index in [9.17, 15) is 4.79 Å². The number of rotatable bonds is 6. The Labute approximate surface area is 186 Å². The van der Waals surface area contributed by atoms with Gasteiger partial charge in [-0.3, -0.25) is 9.89 Å². The first kappa shape index (κ1) is 21.2. The number of amides is 1. The van der Waals surface area contributed by atoms with Crippen LogP contribution in [0.4, 0.5) is 5.82 Å². The van der Waals surface area contributed by atoms with Crippen LogP contribution >= 0.6 is 0 Å². The molecule has 4 aromatic rings. The number of aromatic nitrogens is 2. The van der Waals surface area contributed by atoms with Crippen molar-refractivity contribution in [3.63, 3.8) is 0 Å². The molecule has 7 heteroatoms. The van der Waals surface area contributed by atoms with Crippen LogP contribution in [0.3, 0.4) is 0 Å². The van der Waals surface area contributed by atoms with Crippen LogP contribution in [0.5, 0.6) is 17.2 Å². The number of benzene rings is 3. The van der Waals surface area contributed by atoms with Gasteiger partial charge in [0.15, 0.2) is 17.3 Å². The molecule has 0 spiro atoms. The second-order valence-electron chi connectivity index (χ2n) is 7.47. The Morgan fingerprint density at radius 3 is 2.16 bits per heavy atom. The number of carbonyl (C=O) groups is 1. The average molecular weight is 431 g/mol. The number of methoxy groups -OCH3 is 3. The molecular weight excluding hydrogens is 406 g/mol. The highest BCUT2D eigenvalue weighted by atomic mass is 16.5. The topological polar surface area (TPSA) is 85.5 Å². The van der Waals surface area contributed by atoms with Gasteiger partial charge in [-0.25, -0.2) is 0 Å². The highest BCUT2D eigenvalue weighted by Crippen LogP contribution is 2.38. The van der Waals surface area contributed by atoms with Gasteiger partial charge in [-0.15, -0.1) is 0 Å². The number of nitrogens with one attached hydrogen (secondary N) is 2. The fraction of sp³-hybridized carbons (Fsp3) is 0.200. The number of hydrogen-bond donors (Lipinski definition) is 2. The minimum Gasteiger partial charge on any atom is -0.493 e. The maximum atomic E-state index is 13.0. The van der Waals surface area contributed by atoms with Crippen LogP contribution < -0.4 is 19.5 Å². The summed E-state index contributed by atoms with van der Waals surface area (Å²) >= 11 is 0. The molecule has 1 aromatic heterocycles. The van der Waals surface area contributed by atoms with Gasteiger partial charge in [0, 0.05) is 10.9 Å². The Balaban J connectivity index is 1.66. The molecule has 2 N–H and O–H groups in total. The molecule has 3 aromatic carbocycles. The number of hydrogen-bond acceptors (Lipinski definition) is 5. The van der Waals surface area contributed by atoms with Crippen molar-refractivity contribution in [1.82, 2.24) is 10.2 Å². The van der Waals surface area contributed by atoms with Gasteiger partial charge in [0.05, 0.1) is 26.8 Å². The fourth-order valence-electron chi connectivity index (χ4n) is 3.93. The lowest BCUT2D eigenvalue weighted by Gasteiger charge is -2.13. The summed E-state index contributed by atoms with van der Waals surface area (Å²) in [6.07, 6.45) is 0. The quantitative estimate of drug-likeness (QED) is 0.442. The fourth-order valence-corrected chi connectivity index (χ4v) is 3.93. The molecule has 0 saturated carbocycles. The predicted octanol–water partition coefficient (Wildman–Crippen LogP) is 5.12. The van der Waals surface area contributed by atoms with Gasteiger partial charge in [-0.05, 0) is 60.4 Å². The van der Waals surface area contributed by atoms with Gasteiger partial charge in [-0.1, -0.05) is 24.3 Å². The smallest absolute Gasteiger partial charge is 0.257 e. The lowest BCUT2D eigenvalue weighted by Crippen LogP contribution is -2.13. The zero-order valence-corrected chi connectivity index (χ0v) is 18.7. The number of carbonyl (C=O) groups excluding carboxylic acids is 1. The zero-order valence-electron chi connectivity index (χ0n) is 18.7. The maximum absolute atomic E-state index is 13.0. The highest BCUT2D eigenvalue weighted by molar-refractivity contribution is 6.08. The molecule has 32 heavy (non-hydrogen) atoms. The molecule has 1 heterocycles.